The molecule has 1 aliphatic rings. The summed E-state index contributed by atoms with van der Waals surface area (Å²) in [6.45, 7) is 5.14. The summed E-state index contributed by atoms with van der Waals surface area (Å²) < 4.78 is 0. The van der Waals surface area contributed by atoms with E-state index < -0.39 is 0 Å². The van der Waals surface area contributed by atoms with Crippen molar-refractivity contribution in [2.45, 2.75) is 39.5 Å². The molecule has 0 aromatic carbocycles. The molecular formula is C11H17N3. The topological polar surface area (TPSA) is 37.8 Å². The van der Waals surface area contributed by atoms with Crippen molar-refractivity contribution in [2.24, 2.45) is 0 Å². The summed E-state index contributed by atoms with van der Waals surface area (Å²) in [5.74, 6) is 1.97. The highest BCUT2D eigenvalue weighted by Crippen LogP contribution is 2.25. The third-order valence-corrected chi connectivity index (χ3v) is 2.59. The SMILES string of the molecule is CCCNc1nc(C)nc2c1CCC2. The molecule has 0 fully saturated rings. The van der Waals surface area contributed by atoms with Gasteiger partial charge in [-0.05, 0) is 32.6 Å². The second-order valence-corrected chi connectivity index (χ2v) is 3.83. The summed E-state index contributed by atoms with van der Waals surface area (Å²) in [6, 6.07) is 0. The predicted molar refractivity (Wildman–Crippen MR) is 57.6 cm³/mol. The van der Waals surface area contributed by atoms with Gasteiger partial charge in [0.2, 0.25) is 0 Å². The lowest BCUT2D eigenvalue weighted by atomic mass is 10.2. The molecule has 0 atom stereocenters. The van der Waals surface area contributed by atoms with Crippen LogP contribution in [0.4, 0.5) is 5.82 Å². The standard InChI is InChI=1S/C11H17N3/c1-3-7-12-11-9-5-4-6-10(9)13-8(2)14-11/h3-7H2,1-2H3,(H,12,13,14). The minimum absolute atomic E-state index is 0.893. The van der Waals surface area contributed by atoms with Crippen LogP contribution in [0.15, 0.2) is 0 Å². The number of hydrogen-bond donors (Lipinski definition) is 1. The lowest BCUT2D eigenvalue weighted by Gasteiger charge is -2.09. The molecule has 14 heavy (non-hydrogen) atoms. The second kappa shape index (κ2) is 3.95. The van der Waals surface area contributed by atoms with Gasteiger partial charge in [-0.1, -0.05) is 6.92 Å². The van der Waals surface area contributed by atoms with Crippen LogP contribution in [-0.4, -0.2) is 16.5 Å². The number of rotatable bonds is 3. The molecule has 0 bridgehead atoms. The van der Waals surface area contributed by atoms with Gasteiger partial charge < -0.3 is 5.32 Å². The highest BCUT2D eigenvalue weighted by molar-refractivity contribution is 5.48. The third-order valence-electron chi connectivity index (χ3n) is 2.59. The first-order valence-electron chi connectivity index (χ1n) is 5.41. The van der Waals surface area contributed by atoms with Crippen molar-refractivity contribution in [3.8, 4) is 0 Å². The Kier molecular flexibility index (Phi) is 2.66. The molecule has 0 spiro atoms. The molecule has 1 N–H and O–H groups in total. The molecule has 1 aromatic heterocycles. The number of fused-ring (bicyclic) bond motifs is 1. The lowest BCUT2D eigenvalue weighted by molar-refractivity contribution is 0.895. The highest BCUT2D eigenvalue weighted by atomic mass is 15.0. The number of hydrogen-bond acceptors (Lipinski definition) is 3. The van der Waals surface area contributed by atoms with Crippen LogP contribution in [0.2, 0.25) is 0 Å². The van der Waals surface area contributed by atoms with Crippen LogP contribution in [-0.2, 0) is 12.8 Å². The summed E-state index contributed by atoms with van der Waals surface area (Å²) in [4.78, 5) is 8.93. The van der Waals surface area contributed by atoms with Crippen molar-refractivity contribution in [1.82, 2.24) is 9.97 Å². The molecule has 0 saturated carbocycles. The fraction of sp³-hybridized carbons (Fsp3) is 0.636. The zero-order valence-corrected chi connectivity index (χ0v) is 8.93. The van der Waals surface area contributed by atoms with E-state index >= 15 is 0 Å². The Morgan fingerprint density at radius 2 is 2.14 bits per heavy atom. The van der Waals surface area contributed by atoms with E-state index in [0.29, 0.717) is 0 Å². The molecule has 3 heteroatoms. The van der Waals surface area contributed by atoms with Crippen molar-refractivity contribution >= 4 is 5.82 Å². The van der Waals surface area contributed by atoms with Crippen LogP contribution in [0.3, 0.4) is 0 Å². The number of nitrogens with zero attached hydrogens (tertiary/aromatic N) is 2. The Hall–Kier alpha value is -1.12. The summed E-state index contributed by atoms with van der Waals surface area (Å²) >= 11 is 0. The highest BCUT2D eigenvalue weighted by Gasteiger charge is 2.17. The van der Waals surface area contributed by atoms with Crippen LogP contribution in [0.25, 0.3) is 0 Å². The second-order valence-electron chi connectivity index (χ2n) is 3.83. The van der Waals surface area contributed by atoms with E-state index in [4.69, 9.17) is 0 Å². The number of aromatic nitrogens is 2. The van der Waals surface area contributed by atoms with Gasteiger partial charge in [-0.2, -0.15) is 0 Å². The lowest BCUT2D eigenvalue weighted by Crippen LogP contribution is -2.07. The molecule has 0 radical (unpaired) electrons. The predicted octanol–water partition coefficient (Wildman–Crippen LogP) is 2.10. The van der Waals surface area contributed by atoms with Crippen LogP contribution in [0.5, 0.6) is 0 Å². The fourth-order valence-electron chi connectivity index (χ4n) is 1.95. The van der Waals surface area contributed by atoms with E-state index in [1.54, 1.807) is 0 Å². The molecular weight excluding hydrogens is 174 g/mol. The zero-order valence-electron chi connectivity index (χ0n) is 8.93. The smallest absolute Gasteiger partial charge is 0.133 e. The quantitative estimate of drug-likeness (QED) is 0.795. The van der Waals surface area contributed by atoms with Crippen molar-refractivity contribution in [3.63, 3.8) is 0 Å². The summed E-state index contributed by atoms with van der Waals surface area (Å²) in [7, 11) is 0. The van der Waals surface area contributed by atoms with Crippen LogP contribution < -0.4 is 5.32 Å². The first-order valence-corrected chi connectivity index (χ1v) is 5.41. The average molecular weight is 191 g/mol. The number of anilines is 1. The Morgan fingerprint density at radius 3 is 2.93 bits per heavy atom. The monoisotopic (exact) mass is 191 g/mol. The molecule has 76 valence electrons. The van der Waals surface area contributed by atoms with E-state index in [0.717, 1.165) is 37.4 Å². The van der Waals surface area contributed by atoms with Gasteiger partial charge in [0.25, 0.3) is 0 Å². The average Bonchev–Trinajstić information content (AvgIpc) is 2.61. The van der Waals surface area contributed by atoms with E-state index in [1.807, 2.05) is 6.92 Å². The van der Waals surface area contributed by atoms with Crippen LogP contribution in [0.1, 0.15) is 36.8 Å². The largest absolute Gasteiger partial charge is 0.370 e. The molecule has 0 saturated heterocycles. The van der Waals surface area contributed by atoms with Gasteiger partial charge in [0.05, 0.1) is 0 Å². The molecule has 1 aromatic rings. The normalized spacial score (nSPS) is 14.1. The maximum Gasteiger partial charge on any atom is 0.133 e. The van der Waals surface area contributed by atoms with Crippen molar-refractivity contribution in [3.05, 3.63) is 17.1 Å². The molecule has 3 nitrogen and oxygen atoms in total. The molecule has 1 aliphatic carbocycles. The number of aryl methyl sites for hydroxylation is 2. The van der Waals surface area contributed by atoms with Gasteiger partial charge in [-0.3, -0.25) is 0 Å². The van der Waals surface area contributed by atoms with Gasteiger partial charge >= 0.3 is 0 Å². The first kappa shape index (κ1) is 9.44. The van der Waals surface area contributed by atoms with Crippen molar-refractivity contribution in [2.75, 3.05) is 11.9 Å². The van der Waals surface area contributed by atoms with Crippen molar-refractivity contribution < 1.29 is 0 Å². The Morgan fingerprint density at radius 1 is 1.29 bits per heavy atom. The van der Waals surface area contributed by atoms with Gasteiger partial charge in [0.15, 0.2) is 0 Å². The fourth-order valence-corrected chi connectivity index (χ4v) is 1.95. The minimum Gasteiger partial charge on any atom is -0.370 e. The Balaban J connectivity index is 2.29. The van der Waals surface area contributed by atoms with Gasteiger partial charge in [-0.15, -0.1) is 0 Å². The molecule has 2 rings (SSSR count). The summed E-state index contributed by atoms with van der Waals surface area (Å²) in [6.07, 6.45) is 4.63. The zero-order chi connectivity index (χ0) is 9.97. The maximum atomic E-state index is 4.47. The molecule has 0 aliphatic heterocycles. The van der Waals surface area contributed by atoms with Crippen LogP contribution >= 0.6 is 0 Å². The molecule has 1 heterocycles. The van der Waals surface area contributed by atoms with E-state index in [2.05, 4.69) is 22.2 Å². The summed E-state index contributed by atoms with van der Waals surface area (Å²) in [5.41, 5.74) is 2.61. The first-order chi connectivity index (χ1) is 6.81. The van der Waals surface area contributed by atoms with E-state index in [1.165, 1.54) is 17.7 Å². The summed E-state index contributed by atoms with van der Waals surface area (Å²) in [5, 5.41) is 3.38. The Labute approximate surface area is 85.0 Å². The van der Waals surface area contributed by atoms with Crippen LogP contribution in [0, 0.1) is 6.92 Å². The van der Waals surface area contributed by atoms with E-state index in [-0.39, 0.29) is 0 Å². The third kappa shape index (κ3) is 1.72. The number of nitrogens with one attached hydrogen (secondary N) is 1. The van der Waals surface area contributed by atoms with Gasteiger partial charge in [-0.25, -0.2) is 9.97 Å². The Bertz CT molecular complexity index is 334. The molecule has 0 unspecified atom stereocenters. The van der Waals surface area contributed by atoms with Gasteiger partial charge in [0, 0.05) is 17.8 Å². The maximum absolute atomic E-state index is 4.47. The van der Waals surface area contributed by atoms with E-state index in [9.17, 15) is 0 Å². The van der Waals surface area contributed by atoms with Gasteiger partial charge in [0.1, 0.15) is 11.6 Å². The minimum atomic E-state index is 0.893. The molecule has 0 amide bonds. The van der Waals surface area contributed by atoms with Crippen molar-refractivity contribution in [1.29, 1.82) is 0 Å².